The minimum atomic E-state index is -2.90. The van der Waals surface area contributed by atoms with Crippen molar-refractivity contribution in [1.29, 1.82) is 0 Å². The zero-order valence-corrected chi connectivity index (χ0v) is 13.3. The van der Waals surface area contributed by atoms with Gasteiger partial charge in [-0.15, -0.1) is 0 Å². The lowest BCUT2D eigenvalue weighted by molar-refractivity contribution is 0.342. The Kier molecular flexibility index (Phi) is 4.88. The van der Waals surface area contributed by atoms with Gasteiger partial charge in [-0.2, -0.15) is 0 Å². The first-order valence-electron chi connectivity index (χ1n) is 7.01. The Morgan fingerprint density at radius 1 is 1.45 bits per heavy atom. The maximum Gasteiger partial charge on any atom is 0.148 e. The highest BCUT2D eigenvalue weighted by Gasteiger charge is 2.21. The highest BCUT2D eigenvalue weighted by Crippen LogP contribution is 2.21. The molecule has 0 spiro atoms. The van der Waals surface area contributed by atoms with E-state index in [4.69, 9.17) is 4.42 Å². The number of aryl methyl sites for hydroxylation is 1. The second-order valence-electron chi connectivity index (χ2n) is 5.82. The number of furan rings is 1. The third kappa shape index (κ3) is 5.26. The van der Waals surface area contributed by atoms with Crippen molar-refractivity contribution in [2.75, 3.05) is 25.6 Å². The first kappa shape index (κ1) is 15.5. The number of nitrogens with zero attached hydrogens (tertiary/aromatic N) is 1. The maximum absolute atomic E-state index is 11.2. The van der Waals surface area contributed by atoms with Crippen LogP contribution in [0.3, 0.4) is 0 Å². The fraction of sp³-hybridized carbons (Fsp3) is 0.714. The van der Waals surface area contributed by atoms with Crippen LogP contribution < -0.4 is 5.32 Å². The van der Waals surface area contributed by atoms with Gasteiger partial charge in [0.05, 0.1) is 12.3 Å². The van der Waals surface area contributed by atoms with Crippen molar-refractivity contribution in [3.8, 4) is 0 Å². The molecule has 1 aromatic rings. The number of hydrogen-bond acceptors (Lipinski definition) is 5. The van der Waals surface area contributed by atoms with E-state index >= 15 is 0 Å². The van der Waals surface area contributed by atoms with E-state index in [1.54, 1.807) is 0 Å². The van der Waals surface area contributed by atoms with Gasteiger partial charge in [0.2, 0.25) is 0 Å². The molecule has 0 amide bonds. The molecule has 114 valence electrons. The smallest absolute Gasteiger partial charge is 0.148 e. The molecular formula is C14H24N2O3S. The number of hydrogen-bond donors (Lipinski definition) is 1. The lowest BCUT2D eigenvalue weighted by Gasteiger charge is -2.15. The summed E-state index contributed by atoms with van der Waals surface area (Å²) in [5.41, 5.74) is 1.13. The molecule has 6 heteroatoms. The Hall–Kier alpha value is -0.850. The van der Waals surface area contributed by atoms with Gasteiger partial charge in [0.25, 0.3) is 0 Å². The van der Waals surface area contributed by atoms with Gasteiger partial charge in [-0.25, -0.2) is 8.42 Å². The molecule has 2 rings (SSSR count). The van der Waals surface area contributed by atoms with E-state index in [1.807, 2.05) is 18.9 Å². The quantitative estimate of drug-likeness (QED) is 0.784. The molecule has 0 bridgehead atoms. The third-order valence-corrected chi connectivity index (χ3v) is 4.42. The van der Waals surface area contributed by atoms with Gasteiger partial charge < -0.3 is 14.6 Å². The Labute approximate surface area is 121 Å². The Morgan fingerprint density at radius 2 is 2.15 bits per heavy atom. The number of rotatable bonds is 8. The molecule has 1 aliphatic carbocycles. The van der Waals surface area contributed by atoms with Crippen molar-refractivity contribution in [2.24, 2.45) is 0 Å². The summed E-state index contributed by atoms with van der Waals surface area (Å²) < 4.78 is 28.1. The van der Waals surface area contributed by atoms with E-state index in [0.717, 1.165) is 23.6 Å². The second kappa shape index (κ2) is 6.28. The molecule has 1 aliphatic rings. The predicted molar refractivity (Wildman–Crippen MR) is 79.4 cm³/mol. The van der Waals surface area contributed by atoms with Gasteiger partial charge in [0.15, 0.2) is 0 Å². The molecule has 5 nitrogen and oxygen atoms in total. The van der Waals surface area contributed by atoms with Crippen LogP contribution in [-0.4, -0.2) is 45.0 Å². The molecule has 0 saturated heterocycles. The van der Waals surface area contributed by atoms with E-state index < -0.39 is 9.84 Å². The summed E-state index contributed by atoms with van der Waals surface area (Å²) in [5, 5.41) is 3.43. The van der Waals surface area contributed by atoms with Gasteiger partial charge in [-0.1, -0.05) is 0 Å². The molecule has 20 heavy (non-hydrogen) atoms. The summed E-state index contributed by atoms with van der Waals surface area (Å²) in [6.07, 6.45) is 3.80. The average molecular weight is 300 g/mol. The van der Waals surface area contributed by atoms with Crippen molar-refractivity contribution < 1.29 is 12.8 Å². The van der Waals surface area contributed by atoms with E-state index in [1.165, 1.54) is 19.1 Å². The normalized spacial score (nSPS) is 16.0. The molecular weight excluding hydrogens is 276 g/mol. The topological polar surface area (TPSA) is 62.6 Å². The minimum absolute atomic E-state index is 0.191. The molecule has 0 atom stereocenters. The highest BCUT2D eigenvalue weighted by molar-refractivity contribution is 7.90. The van der Waals surface area contributed by atoms with Crippen LogP contribution in [0.25, 0.3) is 0 Å². The van der Waals surface area contributed by atoms with Crippen molar-refractivity contribution in [3.05, 3.63) is 23.2 Å². The first-order valence-corrected chi connectivity index (χ1v) is 9.07. The van der Waals surface area contributed by atoms with Crippen LogP contribution in [0.15, 0.2) is 10.5 Å². The third-order valence-electron chi connectivity index (χ3n) is 3.50. The summed E-state index contributed by atoms with van der Waals surface area (Å²) in [7, 11) is -0.972. The highest BCUT2D eigenvalue weighted by atomic mass is 32.2. The molecule has 1 fully saturated rings. The number of sulfone groups is 1. The summed E-state index contributed by atoms with van der Waals surface area (Å²) in [6, 6.07) is 2.74. The summed E-state index contributed by atoms with van der Waals surface area (Å²) >= 11 is 0. The standard InChI is InChI=1S/C14H24N2O3S/c1-11-12(10-16(2)6-7-20(3,17)18)8-14(19-11)9-15-13-4-5-13/h8,13,15H,4-7,9-10H2,1-3H3. The Morgan fingerprint density at radius 3 is 2.75 bits per heavy atom. The van der Waals surface area contributed by atoms with Gasteiger partial charge >= 0.3 is 0 Å². The van der Waals surface area contributed by atoms with Gasteiger partial charge in [0, 0.05) is 31.0 Å². The lowest BCUT2D eigenvalue weighted by atomic mass is 10.2. The molecule has 1 saturated carbocycles. The fourth-order valence-electron chi connectivity index (χ4n) is 2.06. The van der Waals surface area contributed by atoms with E-state index in [2.05, 4.69) is 11.4 Å². The van der Waals surface area contributed by atoms with Crippen molar-refractivity contribution in [2.45, 2.75) is 38.9 Å². The van der Waals surface area contributed by atoms with Crippen LogP contribution in [0.2, 0.25) is 0 Å². The fourth-order valence-corrected chi connectivity index (χ4v) is 2.70. The van der Waals surface area contributed by atoms with Crippen LogP contribution in [-0.2, 0) is 22.9 Å². The zero-order valence-electron chi connectivity index (χ0n) is 12.5. The van der Waals surface area contributed by atoms with E-state index in [-0.39, 0.29) is 5.75 Å². The number of nitrogens with one attached hydrogen (secondary N) is 1. The van der Waals surface area contributed by atoms with Crippen molar-refractivity contribution >= 4 is 9.84 Å². The monoisotopic (exact) mass is 300 g/mol. The van der Waals surface area contributed by atoms with Gasteiger partial charge in [0.1, 0.15) is 21.4 Å². The molecule has 1 aromatic heterocycles. The predicted octanol–water partition coefficient (Wildman–Crippen LogP) is 1.32. The van der Waals surface area contributed by atoms with Crippen molar-refractivity contribution in [1.82, 2.24) is 10.2 Å². The molecule has 0 aromatic carbocycles. The van der Waals surface area contributed by atoms with Crippen LogP contribution in [0.5, 0.6) is 0 Å². The lowest BCUT2D eigenvalue weighted by Crippen LogP contribution is -2.25. The van der Waals surface area contributed by atoms with E-state index in [0.29, 0.717) is 19.1 Å². The average Bonchev–Trinajstić information content (AvgIpc) is 3.10. The largest absolute Gasteiger partial charge is 0.465 e. The van der Waals surface area contributed by atoms with E-state index in [9.17, 15) is 8.42 Å². The summed E-state index contributed by atoms with van der Waals surface area (Å²) in [6.45, 7) is 3.99. The Balaban J connectivity index is 1.84. The SMILES string of the molecule is Cc1oc(CNC2CC2)cc1CN(C)CCS(C)(=O)=O. The minimum Gasteiger partial charge on any atom is -0.465 e. The molecule has 0 radical (unpaired) electrons. The molecule has 0 unspecified atom stereocenters. The van der Waals surface area contributed by atoms with Gasteiger partial charge in [-0.3, -0.25) is 0 Å². The van der Waals surface area contributed by atoms with Gasteiger partial charge in [-0.05, 0) is 32.9 Å². The Bertz CT molecular complexity index is 547. The van der Waals surface area contributed by atoms with Crippen LogP contribution in [0.4, 0.5) is 0 Å². The summed E-state index contributed by atoms with van der Waals surface area (Å²) in [4.78, 5) is 2.01. The second-order valence-corrected chi connectivity index (χ2v) is 8.08. The summed E-state index contributed by atoms with van der Waals surface area (Å²) in [5.74, 6) is 2.07. The zero-order chi connectivity index (χ0) is 14.8. The molecule has 0 aliphatic heterocycles. The molecule has 1 heterocycles. The maximum atomic E-state index is 11.2. The first-order chi connectivity index (χ1) is 9.33. The molecule has 1 N–H and O–H groups in total. The van der Waals surface area contributed by atoms with Crippen LogP contribution in [0.1, 0.15) is 29.9 Å². The van der Waals surface area contributed by atoms with Crippen LogP contribution >= 0.6 is 0 Å². The van der Waals surface area contributed by atoms with Crippen molar-refractivity contribution in [3.63, 3.8) is 0 Å². The van der Waals surface area contributed by atoms with Crippen LogP contribution in [0, 0.1) is 6.92 Å².